The van der Waals surface area contributed by atoms with Gasteiger partial charge in [-0.15, -0.1) is 0 Å². The Bertz CT molecular complexity index is 470. The van der Waals surface area contributed by atoms with Gasteiger partial charge in [-0.25, -0.2) is 0 Å². The lowest BCUT2D eigenvalue weighted by atomic mass is 9.97. The Morgan fingerprint density at radius 1 is 0.897 bits per heavy atom. The zero-order chi connectivity index (χ0) is 21.8. The van der Waals surface area contributed by atoms with E-state index in [2.05, 4.69) is 0 Å². The second-order valence-corrected chi connectivity index (χ2v) is 8.01. The van der Waals surface area contributed by atoms with Gasteiger partial charge in [0.1, 0.15) is 12.7 Å². The molecular formula is C22H40O7. The minimum absolute atomic E-state index is 0.0527. The molecule has 0 aromatic carbocycles. The molecule has 2 N–H and O–H groups in total. The van der Waals surface area contributed by atoms with Gasteiger partial charge in [-0.1, -0.05) is 53.4 Å². The zero-order valence-corrected chi connectivity index (χ0v) is 18.5. The van der Waals surface area contributed by atoms with Crippen molar-refractivity contribution in [2.24, 2.45) is 11.8 Å². The Morgan fingerprint density at radius 2 is 1.38 bits per heavy atom. The fourth-order valence-electron chi connectivity index (χ4n) is 3.88. The van der Waals surface area contributed by atoms with Crippen LogP contribution >= 0.6 is 0 Å². The minimum Gasteiger partial charge on any atom is -0.463 e. The summed E-state index contributed by atoms with van der Waals surface area (Å²) in [6.07, 6.45) is 2.24. The van der Waals surface area contributed by atoms with Crippen LogP contribution in [0.1, 0.15) is 85.5 Å². The van der Waals surface area contributed by atoms with Gasteiger partial charge in [-0.2, -0.15) is 0 Å². The van der Waals surface area contributed by atoms with Crippen LogP contribution in [0.15, 0.2) is 0 Å². The van der Waals surface area contributed by atoms with Crippen LogP contribution in [0.2, 0.25) is 0 Å². The van der Waals surface area contributed by atoms with Gasteiger partial charge in [-0.05, 0) is 25.7 Å². The number of esters is 2. The highest BCUT2D eigenvalue weighted by molar-refractivity contribution is 5.73. The molecule has 1 heterocycles. The maximum absolute atomic E-state index is 12.6. The molecule has 7 nitrogen and oxygen atoms in total. The first kappa shape index (κ1) is 25.9. The number of ether oxygens (including phenoxy) is 3. The van der Waals surface area contributed by atoms with Crippen molar-refractivity contribution in [3.63, 3.8) is 0 Å². The minimum atomic E-state index is -1.19. The summed E-state index contributed by atoms with van der Waals surface area (Å²) in [6.45, 7) is 7.89. The molecule has 4 atom stereocenters. The van der Waals surface area contributed by atoms with Gasteiger partial charge in [0.2, 0.25) is 0 Å². The number of carbonyl (C=O) groups is 2. The summed E-state index contributed by atoms with van der Waals surface area (Å²) in [5.41, 5.74) is 0. The van der Waals surface area contributed by atoms with E-state index >= 15 is 0 Å². The second-order valence-electron chi connectivity index (χ2n) is 8.01. The van der Waals surface area contributed by atoms with E-state index in [0.29, 0.717) is 12.8 Å². The summed E-state index contributed by atoms with van der Waals surface area (Å²) < 4.78 is 16.5. The monoisotopic (exact) mass is 416 g/mol. The average molecular weight is 417 g/mol. The summed E-state index contributed by atoms with van der Waals surface area (Å²) in [5, 5.41) is 20.2. The molecule has 0 aromatic heterocycles. The van der Waals surface area contributed by atoms with Crippen molar-refractivity contribution in [1.29, 1.82) is 0 Å². The SMILES string of the molecule is CCCC(CCC)C(=O)OCC1OC(O)CC(O)C1OC(=O)C(CCC)CCC. The summed E-state index contributed by atoms with van der Waals surface area (Å²) in [4.78, 5) is 25.0. The van der Waals surface area contributed by atoms with Crippen molar-refractivity contribution in [2.75, 3.05) is 6.61 Å². The standard InChI is InChI=1S/C22H40O7/c1-5-9-15(10-6-2)21(25)27-14-18-20(17(23)13-19(24)28-18)29-22(26)16(11-7-3)12-8-4/h15-20,23-24H,5-14H2,1-4H3. The third-order valence-corrected chi connectivity index (χ3v) is 5.38. The molecule has 4 unspecified atom stereocenters. The summed E-state index contributed by atoms with van der Waals surface area (Å²) in [6, 6.07) is 0. The van der Waals surface area contributed by atoms with E-state index in [1.165, 1.54) is 0 Å². The topological polar surface area (TPSA) is 102 Å². The quantitative estimate of drug-likeness (QED) is 0.444. The molecule has 7 heteroatoms. The summed E-state index contributed by atoms with van der Waals surface area (Å²) in [7, 11) is 0. The lowest BCUT2D eigenvalue weighted by molar-refractivity contribution is -0.251. The van der Waals surface area contributed by atoms with Crippen molar-refractivity contribution >= 4 is 11.9 Å². The van der Waals surface area contributed by atoms with Crippen LogP contribution in [0.4, 0.5) is 0 Å². The first-order valence-corrected chi connectivity index (χ1v) is 11.3. The number of rotatable bonds is 13. The van der Waals surface area contributed by atoms with Crippen LogP contribution in [0.5, 0.6) is 0 Å². The van der Waals surface area contributed by atoms with Gasteiger partial charge in [0.05, 0.1) is 17.9 Å². The Hall–Kier alpha value is -1.18. The molecule has 0 bridgehead atoms. The van der Waals surface area contributed by atoms with Crippen LogP contribution in [0.25, 0.3) is 0 Å². The lowest BCUT2D eigenvalue weighted by Crippen LogP contribution is -2.53. The van der Waals surface area contributed by atoms with E-state index in [4.69, 9.17) is 14.2 Å². The predicted octanol–water partition coefficient (Wildman–Crippen LogP) is 3.34. The fraction of sp³-hybridized carbons (Fsp3) is 0.909. The molecule has 170 valence electrons. The van der Waals surface area contributed by atoms with Crippen molar-refractivity contribution < 1.29 is 34.0 Å². The maximum Gasteiger partial charge on any atom is 0.309 e. The van der Waals surface area contributed by atoms with E-state index in [1.54, 1.807) is 0 Å². The summed E-state index contributed by atoms with van der Waals surface area (Å²) >= 11 is 0. The Kier molecular flexibility index (Phi) is 12.4. The Balaban J connectivity index is 2.77. The van der Waals surface area contributed by atoms with Crippen LogP contribution in [0.3, 0.4) is 0 Å². The van der Waals surface area contributed by atoms with Crippen LogP contribution in [0, 0.1) is 11.8 Å². The smallest absolute Gasteiger partial charge is 0.309 e. The van der Waals surface area contributed by atoms with E-state index in [1.807, 2.05) is 27.7 Å². The first-order chi connectivity index (χ1) is 13.9. The van der Waals surface area contributed by atoms with Crippen molar-refractivity contribution in [3.05, 3.63) is 0 Å². The third kappa shape index (κ3) is 8.60. The highest BCUT2D eigenvalue weighted by Gasteiger charge is 2.41. The molecule has 1 saturated heterocycles. The Labute approximate surface area is 175 Å². The number of hydrogen-bond acceptors (Lipinski definition) is 7. The average Bonchev–Trinajstić information content (AvgIpc) is 2.67. The molecule has 0 saturated carbocycles. The molecule has 1 fully saturated rings. The van der Waals surface area contributed by atoms with Gasteiger partial charge in [0.15, 0.2) is 12.4 Å². The van der Waals surface area contributed by atoms with E-state index < -0.39 is 24.6 Å². The van der Waals surface area contributed by atoms with E-state index in [0.717, 1.165) is 38.5 Å². The molecule has 0 aliphatic carbocycles. The number of carbonyl (C=O) groups excluding carboxylic acids is 2. The maximum atomic E-state index is 12.6. The molecule has 1 rings (SSSR count). The second kappa shape index (κ2) is 13.9. The van der Waals surface area contributed by atoms with Gasteiger partial charge in [0.25, 0.3) is 0 Å². The van der Waals surface area contributed by atoms with E-state index in [9.17, 15) is 19.8 Å². The van der Waals surface area contributed by atoms with E-state index in [-0.39, 0.29) is 36.8 Å². The van der Waals surface area contributed by atoms with Gasteiger partial charge in [-0.3, -0.25) is 9.59 Å². The predicted molar refractivity (Wildman–Crippen MR) is 109 cm³/mol. The first-order valence-electron chi connectivity index (χ1n) is 11.3. The number of aliphatic hydroxyl groups is 2. The third-order valence-electron chi connectivity index (χ3n) is 5.38. The molecular weight excluding hydrogens is 376 g/mol. The molecule has 0 amide bonds. The lowest BCUT2D eigenvalue weighted by Gasteiger charge is -2.37. The molecule has 0 aromatic rings. The highest BCUT2D eigenvalue weighted by atomic mass is 16.7. The zero-order valence-electron chi connectivity index (χ0n) is 18.5. The number of hydrogen-bond donors (Lipinski definition) is 2. The fourth-order valence-corrected chi connectivity index (χ4v) is 3.88. The largest absolute Gasteiger partial charge is 0.463 e. The highest BCUT2D eigenvalue weighted by Crippen LogP contribution is 2.26. The van der Waals surface area contributed by atoms with Gasteiger partial charge in [0, 0.05) is 6.42 Å². The summed E-state index contributed by atoms with van der Waals surface area (Å²) in [5.74, 6) is -1.09. The number of aliphatic hydroxyl groups excluding tert-OH is 2. The van der Waals surface area contributed by atoms with Crippen LogP contribution in [-0.4, -0.2) is 53.4 Å². The molecule has 29 heavy (non-hydrogen) atoms. The van der Waals surface area contributed by atoms with Crippen molar-refractivity contribution in [1.82, 2.24) is 0 Å². The molecule has 1 aliphatic heterocycles. The molecule has 0 spiro atoms. The van der Waals surface area contributed by atoms with Crippen molar-refractivity contribution in [2.45, 2.75) is 110 Å². The normalized spacial score (nSPS) is 24.7. The molecule has 0 radical (unpaired) electrons. The Morgan fingerprint density at radius 3 is 1.86 bits per heavy atom. The van der Waals surface area contributed by atoms with Crippen LogP contribution < -0.4 is 0 Å². The van der Waals surface area contributed by atoms with Crippen molar-refractivity contribution in [3.8, 4) is 0 Å². The molecule has 1 aliphatic rings. The van der Waals surface area contributed by atoms with Crippen LogP contribution in [-0.2, 0) is 23.8 Å². The van der Waals surface area contributed by atoms with Gasteiger partial charge < -0.3 is 24.4 Å². The van der Waals surface area contributed by atoms with Gasteiger partial charge >= 0.3 is 11.9 Å².